The first kappa shape index (κ1) is 12.2. The Labute approximate surface area is 90.9 Å². The zero-order valence-corrected chi connectivity index (χ0v) is 9.90. The van der Waals surface area contributed by atoms with Crippen LogP contribution in [0.15, 0.2) is 6.07 Å². The van der Waals surface area contributed by atoms with Crippen molar-refractivity contribution in [2.24, 2.45) is 13.0 Å². The van der Waals surface area contributed by atoms with Gasteiger partial charge in [0.2, 0.25) is 0 Å². The highest BCUT2D eigenvalue weighted by atomic mass is 16.5. The van der Waals surface area contributed by atoms with Crippen molar-refractivity contribution in [3.63, 3.8) is 0 Å². The minimum absolute atomic E-state index is 0.180. The Balaban J connectivity index is 2.66. The van der Waals surface area contributed by atoms with Gasteiger partial charge in [-0.1, -0.05) is 6.92 Å². The lowest BCUT2D eigenvalue weighted by Gasteiger charge is -2.18. The smallest absolute Gasteiger partial charge is 0.0982 e. The second-order valence-electron chi connectivity index (χ2n) is 4.04. The van der Waals surface area contributed by atoms with Crippen molar-refractivity contribution < 1.29 is 9.84 Å². The van der Waals surface area contributed by atoms with Gasteiger partial charge in [-0.05, 0) is 25.3 Å². The Morgan fingerprint density at radius 3 is 2.73 bits per heavy atom. The van der Waals surface area contributed by atoms with E-state index in [0.29, 0.717) is 6.61 Å². The van der Waals surface area contributed by atoms with E-state index in [1.807, 2.05) is 27.0 Å². The quantitative estimate of drug-likeness (QED) is 0.803. The Bertz CT molecular complexity index is 310. The molecule has 2 unspecified atom stereocenters. The largest absolute Gasteiger partial charge is 0.387 e. The lowest BCUT2D eigenvalue weighted by atomic mass is 9.98. The fraction of sp³-hybridized carbons (Fsp3) is 0.727. The maximum absolute atomic E-state index is 10.1. The molecule has 0 aliphatic carbocycles. The number of rotatable bonds is 5. The Morgan fingerprint density at radius 1 is 1.60 bits per heavy atom. The van der Waals surface area contributed by atoms with Crippen LogP contribution in [0.3, 0.4) is 0 Å². The first-order chi connectivity index (χ1) is 7.06. The summed E-state index contributed by atoms with van der Waals surface area (Å²) in [7, 11) is 3.53. The van der Waals surface area contributed by atoms with Crippen molar-refractivity contribution in [3.05, 3.63) is 17.5 Å². The van der Waals surface area contributed by atoms with Crippen LogP contribution < -0.4 is 0 Å². The van der Waals surface area contributed by atoms with E-state index in [9.17, 15) is 5.11 Å². The molecule has 4 nitrogen and oxygen atoms in total. The van der Waals surface area contributed by atoms with Crippen LogP contribution >= 0.6 is 0 Å². The molecule has 1 heterocycles. The van der Waals surface area contributed by atoms with Crippen molar-refractivity contribution >= 4 is 0 Å². The standard InChI is InChI=1S/C11H20N2O2/c1-8(5-6-15-4)11(14)10-7-9(2)12-13(10)3/h7-8,11,14H,5-6H2,1-4H3. The number of ether oxygens (including phenoxy) is 1. The molecule has 15 heavy (non-hydrogen) atoms. The highest BCUT2D eigenvalue weighted by Crippen LogP contribution is 2.24. The fourth-order valence-corrected chi connectivity index (χ4v) is 1.66. The SMILES string of the molecule is COCCC(C)C(O)c1cc(C)nn1C. The van der Waals surface area contributed by atoms with Crippen LogP contribution in [0.1, 0.15) is 30.8 Å². The van der Waals surface area contributed by atoms with Gasteiger partial charge in [0.05, 0.1) is 17.5 Å². The number of hydrogen-bond donors (Lipinski definition) is 1. The van der Waals surface area contributed by atoms with E-state index in [1.165, 1.54) is 0 Å². The summed E-state index contributed by atoms with van der Waals surface area (Å²) in [6.07, 6.45) is 0.383. The molecule has 1 rings (SSSR count). The molecule has 0 fully saturated rings. The number of aliphatic hydroxyl groups is 1. The van der Waals surface area contributed by atoms with Gasteiger partial charge < -0.3 is 9.84 Å². The Kier molecular flexibility index (Phi) is 4.29. The summed E-state index contributed by atoms with van der Waals surface area (Å²) < 4.78 is 6.74. The molecule has 2 atom stereocenters. The third-order valence-corrected chi connectivity index (χ3v) is 2.66. The molecule has 4 heteroatoms. The topological polar surface area (TPSA) is 47.3 Å². The van der Waals surface area contributed by atoms with Crippen LogP contribution in [-0.2, 0) is 11.8 Å². The number of aromatic nitrogens is 2. The minimum Gasteiger partial charge on any atom is -0.387 e. The molecule has 0 bridgehead atoms. The van der Waals surface area contributed by atoms with Crippen LogP contribution in [0.25, 0.3) is 0 Å². The Hall–Kier alpha value is -0.870. The van der Waals surface area contributed by atoms with Gasteiger partial charge in [-0.3, -0.25) is 4.68 Å². The second kappa shape index (κ2) is 5.28. The van der Waals surface area contributed by atoms with Gasteiger partial charge in [0.15, 0.2) is 0 Å². The van der Waals surface area contributed by atoms with E-state index < -0.39 is 6.10 Å². The van der Waals surface area contributed by atoms with Gasteiger partial charge >= 0.3 is 0 Å². The van der Waals surface area contributed by atoms with Crippen molar-refractivity contribution in [1.29, 1.82) is 0 Å². The average Bonchev–Trinajstić information content (AvgIpc) is 2.53. The van der Waals surface area contributed by atoms with Crippen LogP contribution in [0.2, 0.25) is 0 Å². The molecule has 86 valence electrons. The molecule has 0 saturated carbocycles. The van der Waals surface area contributed by atoms with Crippen LogP contribution in [0.5, 0.6) is 0 Å². The normalized spacial score (nSPS) is 15.3. The highest BCUT2D eigenvalue weighted by molar-refractivity contribution is 5.11. The number of hydrogen-bond acceptors (Lipinski definition) is 3. The van der Waals surface area contributed by atoms with Crippen molar-refractivity contribution in [2.75, 3.05) is 13.7 Å². The van der Waals surface area contributed by atoms with E-state index in [2.05, 4.69) is 5.10 Å². The molecule has 1 N–H and O–H groups in total. The first-order valence-electron chi connectivity index (χ1n) is 5.23. The number of nitrogens with zero attached hydrogens (tertiary/aromatic N) is 2. The molecule has 1 aromatic rings. The van der Waals surface area contributed by atoms with Gasteiger partial charge in [0, 0.05) is 20.8 Å². The van der Waals surface area contributed by atoms with Gasteiger partial charge in [-0.2, -0.15) is 5.10 Å². The third kappa shape index (κ3) is 3.04. The average molecular weight is 212 g/mol. The molecule has 0 aromatic carbocycles. The number of aliphatic hydroxyl groups excluding tert-OH is 1. The van der Waals surface area contributed by atoms with Crippen LogP contribution in [0.4, 0.5) is 0 Å². The van der Waals surface area contributed by atoms with Crippen molar-refractivity contribution in [3.8, 4) is 0 Å². The highest BCUT2D eigenvalue weighted by Gasteiger charge is 2.19. The van der Waals surface area contributed by atoms with E-state index in [4.69, 9.17) is 4.74 Å². The molecule has 1 aromatic heterocycles. The molecule has 0 radical (unpaired) electrons. The number of methoxy groups -OCH3 is 1. The predicted octanol–water partition coefficient (Wildman–Crippen LogP) is 1.43. The van der Waals surface area contributed by atoms with E-state index in [0.717, 1.165) is 17.8 Å². The van der Waals surface area contributed by atoms with Gasteiger partial charge in [0.25, 0.3) is 0 Å². The van der Waals surface area contributed by atoms with Gasteiger partial charge in [-0.25, -0.2) is 0 Å². The zero-order valence-electron chi connectivity index (χ0n) is 9.90. The third-order valence-electron chi connectivity index (χ3n) is 2.66. The first-order valence-corrected chi connectivity index (χ1v) is 5.23. The molecular formula is C11H20N2O2. The fourth-order valence-electron chi connectivity index (χ4n) is 1.66. The van der Waals surface area contributed by atoms with Crippen LogP contribution in [0, 0.1) is 12.8 Å². The second-order valence-corrected chi connectivity index (χ2v) is 4.04. The molecule has 0 aliphatic rings. The maximum Gasteiger partial charge on any atom is 0.0982 e. The molecular weight excluding hydrogens is 192 g/mol. The summed E-state index contributed by atoms with van der Waals surface area (Å²) in [5, 5.41) is 14.3. The number of aryl methyl sites for hydroxylation is 2. The van der Waals surface area contributed by atoms with Crippen LogP contribution in [-0.4, -0.2) is 28.6 Å². The lowest BCUT2D eigenvalue weighted by molar-refractivity contribution is 0.0825. The van der Waals surface area contributed by atoms with E-state index in [-0.39, 0.29) is 5.92 Å². The monoisotopic (exact) mass is 212 g/mol. The summed E-state index contributed by atoms with van der Waals surface area (Å²) >= 11 is 0. The summed E-state index contributed by atoms with van der Waals surface area (Å²) in [6.45, 7) is 4.62. The summed E-state index contributed by atoms with van der Waals surface area (Å²) in [5.74, 6) is 0.180. The molecule has 0 saturated heterocycles. The lowest BCUT2D eigenvalue weighted by Crippen LogP contribution is -2.14. The molecule has 0 spiro atoms. The van der Waals surface area contributed by atoms with E-state index >= 15 is 0 Å². The summed E-state index contributed by atoms with van der Waals surface area (Å²) in [4.78, 5) is 0. The molecule has 0 amide bonds. The zero-order chi connectivity index (χ0) is 11.4. The minimum atomic E-state index is -0.466. The Morgan fingerprint density at radius 2 is 2.27 bits per heavy atom. The molecule has 0 aliphatic heterocycles. The maximum atomic E-state index is 10.1. The summed E-state index contributed by atoms with van der Waals surface area (Å²) in [5.41, 5.74) is 1.81. The van der Waals surface area contributed by atoms with Crippen molar-refractivity contribution in [1.82, 2.24) is 9.78 Å². The summed E-state index contributed by atoms with van der Waals surface area (Å²) in [6, 6.07) is 1.92. The van der Waals surface area contributed by atoms with Gasteiger partial charge in [0.1, 0.15) is 0 Å². The van der Waals surface area contributed by atoms with E-state index in [1.54, 1.807) is 11.8 Å². The van der Waals surface area contributed by atoms with Gasteiger partial charge in [-0.15, -0.1) is 0 Å². The van der Waals surface area contributed by atoms with Crippen molar-refractivity contribution in [2.45, 2.75) is 26.4 Å². The predicted molar refractivity (Wildman–Crippen MR) is 58.6 cm³/mol.